The predicted molar refractivity (Wildman–Crippen MR) is 117 cm³/mol. The van der Waals surface area contributed by atoms with Crippen molar-refractivity contribution in [1.82, 2.24) is 4.90 Å². The van der Waals surface area contributed by atoms with Crippen LogP contribution in [0.2, 0.25) is 0 Å². The molecule has 7 heteroatoms. The summed E-state index contributed by atoms with van der Waals surface area (Å²) in [6.07, 6.45) is 0. The predicted octanol–water partition coefficient (Wildman–Crippen LogP) is 3.66. The number of carbonyl (C=O) groups is 1. The maximum Gasteiger partial charge on any atom is 0.264 e. The number of likely N-dealkylation sites (N-methyl/N-ethyl adjacent to an activating group) is 1. The Labute approximate surface area is 177 Å². The Hall–Kier alpha value is -3.32. The minimum atomic E-state index is -3.71. The number of hydrogen-bond acceptors (Lipinski definition) is 4. The van der Waals surface area contributed by atoms with Gasteiger partial charge in [-0.05, 0) is 48.5 Å². The van der Waals surface area contributed by atoms with E-state index in [-0.39, 0.29) is 10.8 Å². The number of nitrogens with zero attached hydrogens (tertiary/aromatic N) is 2. The van der Waals surface area contributed by atoms with E-state index in [1.54, 1.807) is 36.2 Å². The van der Waals surface area contributed by atoms with Crippen molar-refractivity contribution in [3.05, 3.63) is 90.5 Å². The molecule has 0 heterocycles. The van der Waals surface area contributed by atoms with Gasteiger partial charge in [-0.2, -0.15) is 0 Å². The van der Waals surface area contributed by atoms with Gasteiger partial charge in [0.05, 0.1) is 17.1 Å². The first-order valence-electron chi connectivity index (χ1n) is 9.47. The molecule has 0 aliphatic carbocycles. The molecule has 0 aliphatic rings. The van der Waals surface area contributed by atoms with Gasteiger partial charge in [-0.15, -0.1) is 0 Å². The number of rotatable bonds is 8. The van der Waals surface area contributed by atoms with Gasteiger partial charge in [0.25, 0.3) is 15.9 Å². The SMILES string of the molecule is CN(CCOc1ccccc1)C(=O)c1ccc(S(=O)(=O)N(C)c2ccccc2)cc1. The first-order valence-corrected chi connectivity index (χ1v) is 10.9. The van der Waals surface area contributed by atoms with Gasteiger partial charge in [-0.3, -0.25) is 9.10 Å². The van der Waals surface area contributed by atoms with Gasteiger partial charge >= 0.3 is 0 Å². The highest BCUT2D eigenvalue weighted by atomic mass is 32.2. The molecule has 6 nitrogen and oxygen atoms in total. The van der Waals surface area contributed by atoms with Crippen molar-refractivity contribution in [2.24, 2.45) is 0 Å². The van der Waals surface area contributed by atoms with Crippen molar-refractivity contribution in [1.29, 1.82) is 0 Å². The van der Waals surface area contributed by atoms with Crippen molar-refractivity contribution < 1.29 is 17.9 Å². The molecule has 0 fully saturated rings. The lowest BCUT2D eigenvalue weighted by Gasteiger charge is -2.20. The molecule has 1 amide bonds. The summed E-state index contributed by atoms with van der Waals surface area (Å²) in [5.41, 5.74) is 0.981. The minimum absolute atomic E-state index is 0.125. The molecule has 156 valence electrons. The van der Waals surface area contributed by atoms with Crippen LogP contribution >= 0.6 is 0 Å². The summed E-state index contributed by atoms with van der Waals surface area (Å²) in [5.74, 6) is 0.544. The van der Waals surface area contributed by atoms with E-state index in [9.17, 15) is 13.2 Å². The molecule has 0 unspecified atom stereocenters. The zero-order valence-electron chi connectivity index (χ0n) is 16.9. The largest absolute Gasteiger partial charge is 0.492 e. The van der Waals surface area contributed by atoms with E-state index < -0.39 is 10.0 Å². The third kappa shape index (κ3) is 4.99. The fourth-order valence-corrected chi connectivity index (χ4v) is 4.04. The molecule has 0 spiro atoms. The second kappa shape index (κ2) is 9.45. The van der Waals surface area contributed by atoms with Crippen LogP contribution in [0.25, 0.3) is 0 Å². The highest BCUT2D eigenvalue weighted by molar-refractivity contribution is 7.92. The quantitative estimate of drug-likeness (QED) is 0.553. The molecule has 0 saturated carbocycles. The summed E-state index contributed by atoms with van der Waals surface area (Å²) in [5, 5.41) is 0. The van der Waals surface area contributed by atoms with Crippen molar-refractivity contribution in [3.8, 4) is 5.75 Å². The van der Waals surface area contributed by atoms with Crippen LogP contribution in [0.3, 0.4) is 0 Å². The van der Waals surface area contributed by atoms with Crippen LogP contribution in [0.5, 0.6) is 5.75 Å². The Morgan fingerprint density at radius 3 is 2.00 bits per heavy atom. The van der Waals surface area contributed by atoms with E-state index in [1.807, 2.05) is 36.4 Å². The number of sulfonamides is 1. The van der Waals surface area contributed by atoms with Crippen molar-refractivity contribution in [3.63, 3.8) is 0 Å². The summed E-state index contributed by atoms with van der Waals surface area (Å²) >= 11 is 0. The van der Waals surface area contributed by atoms with Gasteiger partial charge in [0, 0.05) is 19.7 Å². The molecule has 0 saturated heterocycles. The Morgan fingerprint density at radius 2 is 1.40 bits per heavy atom. The molecule has 0 atom stereocenters. The van der Waals surface area contributed by atoms with E-state index in [0.717, 1.165) is 5.75 Å². The molecule has 0 aliphatic heterocycles. The molecular weight excluding hydrogens is 400 g/mol. The van der Waals surface area contributed by atoms with E-state index in [2.05, 4.69) is 0 Å². The van der Waals surface area contributed by atoms with Crippen LogP contribution in [0, 0.1) is 0 Å². The molecule has 3 rings (SSSR count). The van der Waals surface area contributed by atoms with Crippen LogP contribution in [0.1, 0.15) is 10.4 Å². The number of hydrogen-bond donors (Lipinski definition) is 0. The molecule has 0 bridgehead atoms. The van der Waals surface area contributed by atoms with E-state index >= 15 is 0 Å². The highest BCUT2D eigenvalue weighted by Crippen LogP contribution is 2.22. The van der Waals surface area contributed by atoms with Gasteiger partial charge in [-0.1, -0.05) is 36.4 Å². The third-order valence-corrected chi connectivity index (χ3v) is 6.46. The molecule has 3 aromatic carbocycles. The van der Waals surface area contributed by atoms with Crippen LogP contribution < -0.4 is 9.04 Å². The minimum Gasteiger partial charge on any atom is -0.492 e. The average Bonchev–Trinajstić information content (AvgIpc) is 2.79. The summed E-state index contributed by atoms with van der Waals surface area (Å²) in [6, 6.07) is 24.2. The average molecular weight is 425 g/mol. The number of amides is 1. The lowest BCUT2D eigenvalue weighted by atomic mass is 10.2. The van der Waals surface area contributed by atoms with Crippen LogP contribution in [0.4, 0.5) is 5.69 Å². The number of carbonyl (C=O) groups excluding carboxylic acids is 1. The Balaban J connectivity index is 1.63. The van der Waals surface area contributed by atoms with Gasteiger partial charge < -0.3 is 9.64 Å². The molecule has 0 N–H and O–H groups in total. The first kappa shape index (κ1) is 21.4. The summed E-state index contributed by atoms with van der Waals surface area (Å²) in [4.78, 5) is 14.3. The zero-order valence-corrected chi connectivity index (χ0v) is 17.7. The van der Waals surface area contributed by atoms with Gasteiger partial charge in [0.2, 0.25) is 0 Å². The van der Waals surface area contributed by atoms with E-state index in [1.165, 1.54) is 35.6 Å². The summed E-state index contributed by atoms with van der Waals surface area (Å²) in [6.45, 7) is 0.769. The molecule has 0 radical (unpaired) electrons. The Kier molecular flexibility index (Phi) is 6.74. The van der Waals surface area contributed by atoms with Crippen molar-refractivity contribution in [2.75, 3.05) is 31.6 Å². The first-order chi connectivity index (χ1) is 14.4. The fraction of sp³-hybridized carbons (Fsp3) is 0.174. The van der Waals surface area contributed by atoms with E-state index in [4.69, 9.17) is 4.74 Å². The highest BCUT2D eigenvalue weighted by Gasteiger charge is 2.22. The van der Waals surface area contributed by atoms with Gasteiger partial charge in [-0.25, -0.2) is 8.42 Å². The fourth-order valence-electron chi connectivity index (χ4n) is 2.84. The molecule has 30 heavy (non-hydrogen) atoms. The molecule has 3 aromatic rings. The number of ether oxygens (including phenoxy) is 1. The van der Waals surface area contributed by atoms with Gasteiger partial charge in [0.1, 0.15) is 12.4 Å². The number of para-hydroxylation sites is 2. The maximum atomic E-state index is 12.8. The third-order valence-electron chi connectivity index (χ3n) is 4.66. The number of benzene rings is 3. The van der Waals surface area contributed by atoms with Crippen molar-refractivity contribution >= 4 is 21.6 Å². The normalized spacial score (nSPS) is 11.0. The maximum absolute atomic E-state index is 12.8. The van der Waals surface area contributed by atoms with Crippen LogP contribution in [-0.4, -0.2) is 46.5 Å². The lowest BCUT2D eigenvalue weighted by Crippen LogP contribution is -2.31. The lowest BCUT2D eigenvalue weighted by molar-refractivity contribution is 0.0773. The molecular formula is C23H24N2O4S. The molecule has 0 aromatic heterocycles. The zero-order chi connectivity index (χ0) is 21.6. The van der Waals surface area contributed by atoms with Gasteiger partial charge in [0.15, 0.2) is 0 Å². The standard InChI is InChI=1S/C23H24N2O4S/c1-24(17-18-29-21-11-7-4-8-12-21)23(26)19-13-15-22(16-14-19)30(27,28)25(2)20-9-5-3-6-10-20/h3-16H,17-18H2,1-2H3. The summed E-state index contributed by atoms with van der Waals surface area (Å²) in [7, 11) is -0.522. The second-order valence-corrected chi connectivity index (χ2v) is 8.69. The van der Waals surface area contributed by atoms with Crippen LogP contribution in [0.15, 0.2) is 89.8 Å². The van der Waals surface area contributed by atoms with Crippen molar-refractivity contribution in [2.45, 2.75) is 4.90 Å². The second-order valence-electron chi connectivity index (χ2n) is 6.72. The number of anilines is 1. The monoisotopic (exact) mass is 424 g/mol. The Bertz CT molecular complexity index is 1070. The van der Waals surface area contributed by atoms with Crippen LogP contribution in [-0.2, 0) is 10.0 Å². The Morgan fingerprint density at radius 1 is 0.833 bits per heavy atom. The summed E-state index contributed by atoms with van der Waals surface area (Å²) < 4.78 is 32.5. The topological polar surface area (TPSA) is 66.9 Å². The van der Waals surface area contributed by atoms with E-state index in [0.29, 0.717) is 24.4 Å². The smallest absolute Gasteiger partial charge is 0.264 e.